The molecule has 4 aliphatic rings. The van der Waals surface area contributed by atoms with Crippen LogP contribution in [0, 0.1) is 17.2 Å². The van der Waals surface area contributed by atoms with E-state index in [0.29, 0.717) is 5.41 Å². The molecule has 1 aliphatic heterocycles. The summed E-state index contributed by atoms with van der Waals surface area (Å²) in [6, 6.07) is 0. The number of hydrogen-bond donors (Lipinski definition) is 1. The van der Waals surface area contributed by atoms with Crippen molar-refractivity contribution in [3.63, 3.8) is 0 Å². The summed E-state index contributed by atoms with van der Waals surface area (Å²) in [6.45, 7) is 2.44. The SMILES string of the molecule is Cl.[2H]C12CC(C3CCNCC3)(C1)C2. The second-order valence-electron chi connectivity index (χ2n) is 4.67. The van der Waals surface area contributed by atoms with Gasteiger partial charge in [-0.05, 0) is 62.4 Å². The largest absolute Gasteiger partial charge is 0.317 e. The molecule has 2 heteroatoms. The first-order chi connectivity index (χ1) is 5.73. The molecule has 0 unspecified atom stereocenters. The van der Waals surface area contributed by atoms with Crippen molar-refractivity contribution >= 4 is 12.4 Å². The molecule has 1 saturated heterocycles. The Morgan fingerprint density at radius 3 is 2.25 bits per heavy atom. The molecular weight excluding hydrogens is 170 g/mol. The first kappa shape index (κ1) is 7.64. The number of halogens is 1. The molecule has 3 aliphatic carbocycles. The van der Waals surface area contributed by atoms with Crippen LogP contribution in [-0.4, -0.2) is 13.1 Å². The summed E-state index contributed by atoms with van der Waals surface area (Å²) in [5.74, 6) is 1.02. The highest BCUT2D eigenvalue weighted by molar-refractivity contribution is 5.85. The molecule has 1 heterocycles. The van der Waals surface area contributed by atoms with Crippen LogP contribution in [0.25, 0.3) is 0 Å². The van der Waals surface area contributed by atoms with Gasteiger partial charge in [-0.3, -0.25) is 0 Å². The Morgan fingerprint density at radius 1 is 1.17 bits per heavy atom. The Balaban J connectivity index is 0.000000653. The van der Waals surface area contributed by atoms with Crippen LogP contribution >= 0.6 is 12.4 Å². The van der Waals surface area contributed by atoms with Crippen molar-refractivity contribution in [2.75, 3.05) is 13.1 Å². The minimum Gasteiger partial charge on any atom is -0.317 e. The predicted molar refractivity (Wildman–Crippen MR) is 52.6 cm³/mol. The van der Waals surface area contributed by atoms with E-state index in [9.17, 15) is 0 Å². The van der Waals surface area contributed by atoms with E-state index in [1.807, 2.05) is 0 Å². The number of rotatable bonds is 1. The first-order valence-corrected chi connectivity index (χ1v) is 4.93. The second kappa shape index (κ2) is 2.88. The Morgan fingerprint density at radius 2 is 1.75 bits per heavy atom. The molecule has 70 valence electrons. The highest BCUT2D eigenvalue weighted by Gasteiger charge is 2.59. The molecule has 0 spiro atoms. The van der Waals surface area contributed by atoms with Crippen molar-refractivity contribution < 1.29 is 1.37 Å². The number of nitrogens with one attached hydrogen (secondary N) is 1. The van der Waals surface area contributed by atoms with Crippen molar-refractivity contribution in [1.29, 1.82) is 0 Å². The van der Waals surface area contributed by atoms with Crippen molar-refractivity contribution in [3.05, 3.63) is 0 Å². The van der Waals surface area contributed by atoms with Crippen LogP contribution in [0.3, 0.4) is 0 Å². The van der Waals surface area contributed by atoms with Crippen LogP contribution in [0.15, 0.2) is 0 Å². The summed E-state index contributed by atoms with van der Waals surface area (Å²) in [4.78, 5) is 0. The summed E-state index contributed by atoms with van der Waals surface area (Å²) >= 11 is 0. The topological polar surface area (TPSA) is 12.0 Å². The predicted octanol–water partition coefficient (Wildman–Crippen LogP) is 2.21. The summed E-state index contributed by atoms with van der Waals surface area (Å²) in [6.07, 6.45) is 6.42. The van der Waals surface area contributed by atoms with Gasteiger partial charge in [0.2, 0.25) is 0 Å². The summed E-state index contributed by atoms with van der Waals surface area (Å²) in [7, 11) is 0. The van der Waals surface area contributed by atoms with Crippen LogP contribution in [-0.2, 0) is 0 Å². The molecular formula is C10H18ClN. The molecule has 3 saturated carbocycles. The Kier molecular flexibility index (Phi) is 1.83. The quantitative estimate of drug-likeness (QED) is 0.666. The zero-order valence-electron chi connectivity index (χ0n) is 8.44. The standard InChI is InChI=1S/C10H17N.ClH/c1-3-11-4-2-9(1)10-5-8(6-10)7-10;/h8-9,11H,1-7H2;1H/i8D;. The van der Waals surface area contributed by atoms with Crippen molar-refractivity contribution in [1.82, 2.24) is 5.32 Å². The lowest BCUT2D eigenvalue weighted by Gasteiger charge is -2.66. The fourth-order valence-corrected chi connectivity index (χ4v) is 3.21. The van der Waals surface area contributed by atoms with Gasteiger partial charge in [-0.1, -0.05) is 0 Å². The molecule has 12 heavy (non-hydrogen) atoms. The zero-order chi connectivity index (χ0) is 8.23. The molecule has 0 amide bonds. The zero-order valence-corrected chi connectivity index (χ0v) is 8.25. The lowest BCUT2D eigenvalue weighted by molar-refractivity contribution is -0.157. The van der Waals surface area contributed by atoms with Crippen LogP contribution in [0.5, 0.6) is 0 Å². The maximum Gasteiger partial charge on any atom is 0.0303 e. The molecule has 0 atom stereocenters. The van der Waals surface area contributed by atoms with Gasteiger partial charge < -0.3 is 5.32 Å². The van der Waals surface area contributed by atoms with Gasteiger partial charge in [0.25, 0.3) is 0 Å². The minimum absolute atomic E-state index is 0. The van der Waals surface area contributed by atoms with Crippen LogP contribution in [0.1, 0.15) is 33.5 Å². The van der Waals surface area contributed by atoms with Gasteiger partial charge in [-0.2, -0.15) is 0 Å². The third-order valence-corrected chi connectivity index (χ3v) is 4.01. The highest BCUT2D eigenvalue weighted by atomic mass is 35.5. The summed E-state index contributed by atoms with van der Waals surface area (Å²) in [5.41, 5.74) is 0.670. The average Bonchev–Trinajstić information content (AvgIpc) is 1.99. The van der Waals surface area contributed by atoms with Crippen LogP contribution in [0.4, 0.5) is 0 Å². The van der Waals surface area contributed by atoms with Crippen molar-refractivity contribution in [3.8, 4) is 0 Å². The van der Waals surface area contributed by atoms with E-state index < -0.39 is 0 Å². The van der Waals surface area contributed by atoms with Crippen molar-refractivity contribution in [2.45, 2.75) is 32.1 Å². The van der Waals surface area contributed by atoms with Crippen LogP contribution in [0.2, 0.25) is 0 Å². The van der Waals surface area contributed by atoms with Crippen molar-refractivity contribution in [2.24, 2.45) is 17.2 Å². The molecule has 0 aromatic heterocycles. The van der Waals surface area contributed by atoms with Gasteiger partial charge in [-0.25, -0.2) is 0 Å². The van der Waals surface area contributed by atoms with E-state index in [4.69, 9.17) is 1.37 Å². The minimum atomic E-state index is 0. The van der Waals surface area contributed by atoms with Gasteiger partial charge >= 0.3 is 0 Å². The molecule has 0 aromatic rings. The maximum absolute atomic E-state index is 7.86. The third kappa shape index (κ3) is 1.03. The Hall–Kier alpha value is 0.250. The number of piperidine rings is 1. The highest BCUT2D eigenvalue weighted by Crippen LogP contribution is 2.69. The second-order valence-corrected chi connectivity index (χ2v) is 4.67. The van der Waals surface area contributed by atoms with E-state index in [1.165, 1.54) is 45.2 Å². The fourth-order valence-electron chi connectivity index (χ4n) is 3.21. The van der Waals surface area contributed by atoms with E-state index >= 15 is 0 Å². The van der Waals surface area contributed by atoms with E-state index in [2.05, 4.69) is 5.32 Å². The van der Waals surface area contributed by atoms with E-state index in [0.717, 1.165) is 5.92 Å². The molecule has 4 rings (SSSR count). The molecule has 4 fully saturated rings. The molecule has 1 nitrogen and oxygen atoms in total. The summed E-state index contributed by atoms with van der Waals surface area (Å²) < 4.78 is 7.86. The maximum atomic E-state index is 7.86. The monoisotopic (exact) mass is 188 g/mol. The van der Waals surface area contributed by atoms with Gasteiger partial charge in [-0.15, -0.1) is 12.4 Å². The molecule has 2 bridgehead atoms. The fraction of sp³-hybridized carbons (Fsp3) is 1.00. The smallest absolute Gasteiger partial charge is 0.0303 e. The van der Waals surface area contributed by atoms with Gasteiger partial charge in [0.15, 0.2) is 0 Å². The normalized spacial score (nSPS) is 52.8. The van der Waals surface area contributed by atoms with Gasteiger partial charge in [0.1, 0.15) is 0 Å². The Labute approximate surface area is 82.1 Å². The van der Waals surface area contributed by atoms with Gasteiger partial charge in [0.05, 0.1) is 0 Å². The molecule has 0 radical (unpaired) electrons. The lowest BCUT2D eigenvalue weighted by Crippen LogP contribution is -2.57. The molecule has 0 aromatic carbocycles. The average molecular weight is 189 g/mol. The van der Waals surface area contributed by atoms with E-state index in [1.54, 1.807) is 0 Å². The lowest BCUT2D eigenvalue weighted by atomic mass is 9.39. The Bertz CT molecular complexity index is 193. The first-order valence-electron chi connectivity index (χ1n) is 5.43. The molecule has 1 N–H and O–H groups in total. The van der Waals surface area contributed by atoms with E-state index in [-0.39, 0.29) is 18.3 Å². The number of hydrogen-bond acceptors (Lipinski definition) is 1. The summed E-state index contributed by atoms with van der Waals surface area (Å²) in [5, 5.41) is 3.41. The third-order valence-electron chi connectivity index (χ3n) is 4.01. The van der Waals surface area contributed by atoms with Crippen LogP contribution < -0.4 is 5.32 Å². The van der Waals surface area contributed by atoms with Gasteiger partial charge in [0, 0.05) is 1.37 Å².